The van der Waals surface area contributed by atoms with Gasteiger partial charge >= 0.3 is 0 Å². The largest absolute Gasteiger partial charge is 0.392 e. The van der Waals surface area contributed by atoms with E-state index in [1.54, 1.807) is 0 Å². The monoisotopic (exact) mass is 575 g/mol. The summed E-state index contributed by atoms with van der Waals surface area (Å²) in [5.74, 6) is 5.37. The van der Waals surface area contributed by atoms with Crippen LogP contribution in [-0.2, 0) is 4.74 Å². The van der Waals surface area contributed by atoms with Crippen LogP contribution >= 0.6 is 0 Å². The minimum atomic E-state index is -0.310. The van der Waals surface area contributed by atoms with E-state index in [1.165, 1.54) is 32.1 Å². The molecule has 0 radical (unpaired) electrons. The van der Waals surface area contributed by atoms with E-state index in [-0.39, 0.29) is 34.4 Å². The molecule has 4 saturated carbocycles. The van der Waals surface area contributed by atoms with Crippen molar-refractivity contribution in [1.82, 2.24) is 0 Å². The summed E-state index contributed by atoms with van der Waals surface area (Å²) in [7, 11) is 0. The van der Waals surface area contributed by atoms with Crippen molar-refractivity contribution >= 4 is 0 Å². The van der Waals surface area contributed by atoms with Gasteiger partial charge in [0.1, 0.15) is 0 Å². The fourth-order valence-electron chi connectivity index (χ4n) is 12.6. The third kappa shape index (κ3) is 5.62. The number of unbranched alkanes of at least 4 members (excludes halogenated alkanes) is 1. The minimum absolute atomic E-state index is 0.0957. The molecular weight excluding hydrogens is 504 g/mol. The second-order valence-corrected chi connectivity index (χ2v) is 17.7. The lowest BCUT2D eigenvalue weighted by Crippen LogP contribution is -2.70. The summed E-state index contributed by atoms with van der Waals surface area (Å²) >= 11 is 0. The fraction of sp³-hybridized carbons (Fsp3) is 1.00. The van der Waals surface area contributed by atoms with Crippen LogP contribution in [0.1, 0.15) is 134 Å². The number of aliphatic hydroxyl groups is 2. The van der Waals surface area contributed by atoms with Crippen molar-refractivity contribution in [2.75, 3.05) is 6.61 Å². The van der Waals surface area contributed by atoms with Gasteiger partial charge in [-0.2, -0.15) is 0 Å². The first-order valence-electron chi connectivity index (χ1n) is 18.0. The van der Waals surface area contributed by atoms with Crippen LogP contribution in [0.25, 0.3) is 0 Å². The molecule has 4 aliphatic carbocycles. The molecule has 0 aliphatic heterocycles. The molecule has 2 N–H and O–H groups in total. The SMILES string of the molecule is CCCCOC(C)CCC1CC(C(C)C)C2CC3(C)CC4(C)CC(C)C(C(C)C)C(O)C4(C)C(C)C3C(O)C2C1C. The predicted octanol–water partition coefficient (Wildman–Crippen LogP) is 9.24. The molecule has 0 amide bonds. The normalized spacial score (nSPS) is 50.8. The van der Waals surface area contributed by atoms with Crippen LogP contribution in [-0.4, -0.2) is 35.1 Å². The molecule has 41 heavy (non-hydrogen) atoms. The average molecular weight is 575 g/mol. The van der Waals surface area contributed by atoms with Crippen molar-refractivity contribution in [3.8, 4) is 0 Å². The van der Waals surface area contributed by atoms with Crippen LogP contribution in [0, 0.1) is 81.3 Å². The topological polar surface area (TPSA) is 49.7 Å². The van der Waals surface area contributed by atoms with E-state index in [4.69, 9.17) is 4.74 Å². The maximum Gasteiger partial charge on any atom is 0.0634 e. The molecule has 15 unspecified atom stereocenters. The van der Waals surface area contributed by atoms with Gasteiger partial charge < -0.3 is 14.9 Å². The first-order chi connectivity index (χ1) is 19.0. The number of rotatable bonds is 9. The minimum Gasteiger partial charge on any atom is -0.392 e. The summed E-state index contributed by atoms with van der Waals surface area (Å²) in [5.41, 5.74) is 0.0463. The zero-order valence-corrected chi connectivity index (χ0v) is 29.2. The maximum absolute atomic E-state index is 12.6. The van der Waals surface area contributed by atoms with E-state index in [2.05, 4.69) is 83.1 Å². The van der Waals surface area contributed by atoms with Gasteiger partial charge in [-0.1, -0.05) is 82.6 Å². The molecule has 4 aliphatic rings. The molecule has 3 heteroatoms. The van der Waals surface area contributed by atoms with E-state index in [0.29, 0.717) is 65.3 Å². The summed E-state index contributed by atoms with van der Waals surface area (Å²) in [4.78, 5) is 0. The summed E-state index contributed by atoms with van der Waals surface area (Å²) in [6.07, 6.45) is 9.33. The molecule has 0 bridgehead atoms. The third-order valence-corrected chi connectivity index (χ3v) is 14.7. The molecule has 0 spiro atoms. The lowest BCUT2D eigenvalue weighted by Gasteiger charge is -2.72. The standard InChI is InChI=1S/C38H70O3/c1-13-14-17-41-25(7)15-16-28-18-29(22(2)3)30-20-36(10)21-37(11)19-24(6)31(23(4)5)35(40)38(37,12)27(9)33(36)34(39)32(30)26(28)8/h22-35,39-40H,13-21H2,1-12H3. The summed E-state index contributed by atoms with van der Waals surface area (Å²) in [5, 5.41) is 24.8. The first-order valence-corrected chi connectivity index (χ1v) is 18.0. The molecule has 240 valence electrons. The number of hydrogen-bond acceptors (Lipinski definition) is 3. The molecule has 0 heterocycles. The van der Waals surface area contributed by atoms with Crippen molar-refractivity contribution in [2.45, 2.75) is 153 Å². The predicted molar refractivity (Wildman–Crippen MR) is 172 cm³/mol. The van der Waals surface area contributed by atoms with Crippen LogP contribution in [0.5, 0.6) is 0 Å². The summed E-state index contributed by atoms with van der Waals surface area (Å²) in [6, 6.07) is 0. The van der Waals surface area contributed by atoms with Crippen LogP contribution in [0.3, 0.4) is 0 Å². The smallest absolute Gasteiger partial charge is 0.0634 e. The fourth-order valence-corrected chi connectivity index (χ4v) is 12.6. The highest BCUT2D eigenvalue weighted by Crippen LogP contribution is 2.73. The summed E-state index contributed by atoms with van der Waals surface area (Å²) in [6.45, 7) is 29.7. The number of ether oxygens (including phenoxy) is 1. The lowest BCUT2D eigenvalue weighted by atomic mass is 9.33. The van der Waals surface area contributed by atoms with Crippen LogP contribution in [0.4, 0.5) is 0 Å². The molecule has 0 saturated heterocycles. The highest BCUT2D eigenvalue weighted by molar-refractivity contribution is 5.18. The van der Waals surface area contributed by atoms with Crippen LogP contribution < -0.4 is 0 Å². The second kappa shape index (κ2) is 12.3. The van der Waals surface area contributed by atoms with E-state index in [9.17, 15) is 10.2 Å². The van der Waals surface area contributed by atoms with E-state index >= 15 is 0 Å². The third-order valence-electron chi connectivity index (χ3n) is 14.7. The number of hydrogen-bond donors (Lipinski definition) is 2. The van der Waals surface area contributed by atoms with Crippen molar-refractivity contribution < 1.29 is 14.9 Å². The Morgan fingerprint density at radius 3 is 2.17 bits per heavy atom. The Morgan fingerprint density at radius 2 is 1.59 bits per heavy atom. The van der Waals surface area contributed by atoms with Crippen LogP contribution in [0.15, 0.2) is 0 Å². The van der Waals surface area contributed by atoms with Crippen LogP contribution in [0.2, 0.25) is 0 Å². The van der Waals surface area contributed by atoms with Gasteiger partial charge in [-0.25, -0.2) is 0 Å². The Morgan fingerprint density at radius 1 is 0.927 bits per heavy atom. The molecule has 0 aromatic heterocycles. The molecule has 0 aromatic carbocycles. The van der Waals surface area contributed by atoms with Crippen molar-refractivity contribution in [2.24, 2.45) is 81.3 Å². The average Bonchev–Trinajstić information content (AvgIpc) is 2.85. The molecule has 4 fully saturated rings. The Balaban J connectivity index is 1.64. The van der Waals surface area contributed by atoms with Gasteiger partial charge in [-0.05, 0) is 128 Å². The van der Waals surface area contributed by atoms with Gasteiger partial charge in [-0.3, -0.25) is 0 Å². The molecular formula is C38H70O3. The van der Waals surface area contributed by atoms with E-state index < -0.39 is 0 Å². The summed E-state index contributed by atoms with van der Waals surface area (Å²) < 4.78 is 6.15. The van der Waals surface area contributed by atoms with E-state index in [1.807, 2.05) is 0 Å². The maximum atomic E-state index is 12.6. The van der Waals surface area contributed by atoms with Gasteiger partial charge in [0.05, 0.1) is 18.3 Å². The van der Waals surface area contributed by atoms with Crippen molar-refractivity contribution in [3.05, 3.63) is 0 Å². The molecule has 4 rings (SSSR count). The highest BCUT2D eigenvalue weighted by atomic mass is 16.5. The molecule has 15 atom stereocenters. The van der Waals surface area contributed by atoms with Gasteiger partial charge in [0.2, 0.25) is 0 Å². The lowest BCUT2D eigenvalue weighted by molar-refractivity contribution is -0.279. The zero-order chi connectivity index (χ0) is 30.7. The highest BCUT2D eigenvalue weighted by Gasteiger charge is 2.70. The zero-order valence-electron chi connectivity index (χ0n) is 29.2. The Hall–Kier alpha value is -0.120. The first kappa shape index (κ1) is 33.8. The Labute approximate surface area is 255 Å². The van der Waals surface area contributed by atoms with Gasteiger partial charge in [0, 0.05) is 12.0 Å². The van der Waals surface area contributed by atoms with Gasteiger partial charge in [-0.15, -0.1) is 0 Å². The molecule has 3 nitrogen and oxygen atoms in total. The van der Waals surface area contributed by atoms with Crippen molar-refractivity contribution in [3.63, 3.8) is 0 Å². The second-order valence-electron chi connectivity index (χ2n) is 17.7. The molecule has 0 aromatic rings. The van der Waals surface area contributed by atoms with E-state index in [0.717, 1.165) is 25.9 Å². The number of aliphatic hydroxyl groups excluding tert-OH is 2. The quantitative estimate of drug-likeness (QED) is 0.270. The van der Waals surface area contributed by atoms with Gasteiger partial charge in [0.15, 0.2) is 0 Å². The van der Waals surface area contributed by atoms with Crippen molar-refractivity contribution in [1.29, 1.82) is 0 Å². The number of fused-ring (bicyclic) bond motifs is 3. The Bertz CT molecular complexity index is 870. The Kier molecular flexibility index (Phi) is 10.2. The van der Waals surface area contributed by atoms with Gasteiger partial charge in [0.25, 0.3) is 0 Å².